The molecule has 0 amide bonds. The summed E-state index contributed by atoms with van der Waals surface area (Å²) < 4.78 is 5.45. The van der Waals surface area contributed by atoms with Crippen LogP contribution in [-0.4, -0.2) is 63.3 Å². The normalized spacial score (nSPS) is 19.5. The summed E-state index contributed by atoms with van der Waals surface area (Å²) in [6, 6.07) is 17.2. The molecule has 1 atom stereocenters. The van der Waals surface area contributed by atoms with E-state index in [0.29, 0.717) is 6.04 Å². The summed E-state index contributed by atoms with van der Waals surface area (Å²) in [6.45, 7) is 7.36. The second-order valence-corrected chi connectivity index (χ2v) is 8.63. The van der Waals surface area contributed by atoms with Crippen LogP contribution in [0.15, 0.2) is 53.5 Å². The summed E-state index contributed by atoms with van der Waals surface area (Å²) in [5, 5.41) is 7.83. The zero-order valence-electron chi connectivity index (χ0n) is 18.6. The lowest BCUT2D eigenvalue weighted by atomic mass is 10.1. The molecule has 0 radical (unpaired) electrons. The van der Waals surface area contributed by atoms with Gasteiger partial charge in [-0.2, -0.15) is 0 Å². The van der Waals surface area contributed by atoms with E-state index in [1.165, 1.54) is 16.8 Å². The Hall–Kier alpha value is -1.55. The summed E-state index contributed by atoms with van der Waals surface area (Å²) in [7, 11) is 1.83. The fourth-order valence-corrected chi connectivity index (χ4v) is 4.40. The summed E-state index contributed by atoms with van der Waals surface area (Å²) in [5.74, 6) is 0.844. The summed E-state index contributed by atoms with van der Waals surface area (Å²) in [6.07, 6.45) is 1.07. The van der Waals surface area contributed by atoms with Crippen molar-refractivity contribution in [3.63, 3.8) is 0 Å². The Labute approximate surface area is 213 Å². The lowest BCUT2D eigenvalue weighted by molar-refractivity contribution is 0.0342. The molecule has 4 rings (SSSR count). The van der Waals surface area contributed by atoms with Gasteiger partial charge >= 0.3 is 0 Å². The fraction of sp³-hybridized carbons (Fsp3) is 0.458. The number of halogens is 2. The SMILES string of the molecule is CN=C(NCc1cccc(CN2CCOCC2)c1)NC1CCN(c2cccc(Cl)c2)C1.I. The lowest BCUT2D eigenvalue weighted by Gasteiger charge is -2.26. The first-order chi connectivity index (χ1) is 15.2. The van der Waals surface area contributed by atoms with E-state index in [2.05, 4.69) is 55.8 Å². The molecular weight excluding hydrogens is 537 g/mol. The second-order valence-electron chi connectivity index (χ2n) is 8.19. The molecule has 0 aromatic heterocycles. The van der Waals surface area contributed by atoms with E-state index in [4.69, 9.17) is 16.3 Å². The number of rotatable bonds is 6. The van der Waals surface area contributed by atoms with Crippen LogP contribution in [0.3, 0.4) is 0 Å². The Bertz CT molecular complexity index is 890. The molecule has 6 nitrogen and oxygen atoms in total. The Morgan fingerprint density at radius 3 is 2.66 bits per heavy atom. The highest BCUT2D eigenvalue weighted by atomic mass is 127. The molecule has 2 aromatic rings. The van der Waals surface area contributed by atoms with Gasteiger partial charge in [-0.15, -0.1) is 24.0 Å². The number of anilines is 1. The van der Waals surface area contributed by atoms with E-state index >= 15 is 0 Å². The van der Waals surface area contributed by atoms with Crippen molar-refractivity contribution in [1.29, 1.82) is 0 Å². The molecule has 1 unspecified atom stereocenters. The minimum atomic E-state index is 0. The molecule has 0 bridgehead atoms. The Morgan fingerprint density at radius 1 is 1.09 bits per heavy atom. The first kappa shape index (κ1) is 25.1. The minimum absolute atomic E-state index is 0. The number of ether oxygens (including phenoxy) is 1. The third kappa shape index (κ3) is 7.23. The molecule has 2 N–H and O–H groups in total. The predicted octanol–water partition coefficient (Wildman–Crippen LogP) is 3.73. The average Bonchev–Trinajstić information content (AvgIpc) is 3.26. The van der Waals surface area contributed by atoms with Crippen LogP contribution in [0.5, 0.6) is 0 Å². The lowest BCUT2D eigenvalue weighted by Crippen LogP contribution is -2.44. The molecule has 2 heterocycles. The molecule has 0 aliphatic carbocycles. The van der Waals surface area contributed by atoms with Crippen LogP contribution in [0.2, 0.25) is 5.02 Å². The van der Waals surface area contributed by atoms with E-state index in [1.807, 2.05) is 25.2 Å². The third-order valence-corrected chi connectivity index (χ3v) is 6.12. The molecule has 174 valence electrons. The van der Waals surface area contributed by atoms with Crippen LogP contribution in [0.4, 0.5) is 5.69 Å². The molecule has 32 heavy (non-hydrogen) atoms. The smallest absolute Gasteiger partial charge is 0.191 e. The standard InChI is InChI=1S/C24H32ClN5O.HI/c1-26-24(28-22-8-9-30(18-22)23-7-3-6-21(25)15-23)27-16-19-4-2-5-20(14-19)17-29-10-12-31-13-11-29;/h2-7,14-15,22H,8-13,16-18H2,1H3,(H2,26,27,28);1H. The fourth-order valence-electron chi connectivity index (χ4n) is 4.21. The van der Waals surface area contributed by atoms with Crippen molar-refractivity contribution in [2.24, 2.45) is 4.99 Å². The van der Waals surface area contributed by atoms with Crippen molar-refractivity contribution >= 4 is 47.2 Å². The highest BCUT2D eigenvalue weighted by molar-refractivity contribution is 14.0. The number of morpholine rings is 1. The third-order valence-electron chi connectivity index (χ3n) is 5.89. The molecule has 0 saturated carbocycles. The van der Waals surface area contributed by atoms with Crippen molar-refractivity contribution < 1.29 is 4.74 Å². The number of benzene rings is 2. The highest BCUT2D eigenvalue weighted by Crippen LogP contribution is 2.23. The van der Waals surface area contributed by atoms with Gasteiger partial charge in [-0.1, -0.05) is 41.9 Å². The van der Waals surface area contributed by atoms with Gasteiger partial charge in [-0.05, 0) is 35.7 Å². The number of hydrogen-bond acceptors (Lipinski definition) is 4. The van der Waals surface area contributed by atoms with Crippen molar-refractivity contribution in [2.75, 3.05) is 51.3 Å². The predicted molar refractivity (Wildman–Crippen MR) is 143 cm³/mol. The van der Waals surface area contributed by atoms with Gasteiger partial charge in [0.15, 0.2) is 5.96 Å². The van der Waals surface area contributed by atoms with Crippen LogP contribution in [0.25, 0.3) is 0 Å². The number of nitrogens with one attached hydrogen (secondary N) is 2. The quantitative estimate of drug-likeness (QED) is 0.316. The van der Waals surface area contributed by atoms with Crippen LogP contribution in [-0.2, 0) is 17.8 Å². The summed E-state index contributed by atoms with van der Waals surface area (Å²) >= 11 is 6.15. The average molecular weight is 570 g/mol. The van der Waals surface area contributed by atoms with E-state index in [1.54, 1.807) is 0 Å². The number of aliphatic imine (C=N–C) groups is 1. The first-order valence-electron chi connectivity index (χ1n) is 11.1. The van der Waals surface area contributed by atoms with Crippen molar-refractivity contribution in [3.8, 4) is 0 Å². The molecule has 2 aliphatic rings. The highest BCUT2D eigenvalue weighted by Gasteiger charge is 2.23. The van der Waals surface area contributed by atoms with Crippen LogP contribution in [0.1, 0.15) is 17.5 Å². The maximum absolute atomic E-state index is 6.15. The van der Waals surface area contributed by atoms with Crippen LogP contribution < -0.4 is 15.5 Å². The Balaban J connectivity index is 0.00000289. The van der Waals surface area contributed by atoms with Gasteiger partial charge in [0.05, 0.1) is 13.2 Å². The van der Waals surface area contributed by atoms with E-state index < -0.39 is 0 Å². The van der Waals surface area contributed by atoms with E-state index in [0.717, 1.165) is 69.9 Å². The topological polar surface area (TPSA) is 52.1 Å². The molecule has 2 saturated heterocycles. The molecule has 2 fully saturated rings. The Morgan fingerprint density at radius 2 is 1.88 bits per heavy atom. The van der Waals surface area contributed by atoms with Crippen LogP contribution >= 0.6 is 35.6 Å². The molecule has 2 aromatic carbocycles. The zero-order valence-corrected chi connectivity index (χ0v) is 21.7. The van der Waals surface area contributed by atoms with Gasteiger partial charge in [0, 0.05) is 63.1 Å². The van der Waals surface area contributed by atoms with E-state index in [9.17, 15) is 0 Å². The second kappa shape index (κ2) is 12.6. The molecule has 8 heteroatoms. The minimum Gasteiger partial charge on any atom is -0.379 e. The molecule has 0 spiro atoms. The molecule has 2 aliphatic heterocycles. The zero-order chi connectivity index (χ0) is 21.5. The first-order valence-corrected chi connectivity index (χ1v) is 11.4. The van der Waals surface area contributed by atoms with Crippen LogP contribution in [0, 0.1) is 0 Å². The van der Waals surface area contributed by atoms with Gasteiger partial charge < -0.3 is 20.3 Å². The number of hydrogen-bond donors (Lipinski definition) is 2. The van der Waals surface area contributed by atoms with Gasteiger partial charge in [-0.25, -0.2) is 0 Å². The summed E-state index contributed by atoms with van der Waals surface area (Å²) in [4.78, 5) is 9.24. The van der Waals surface area contributed by atoms with Crippen molar-refractivity contribution in [1.82, 2.24) is 15.5 Å². The molecular formula is C24H33ClIN5O. The largest absolute Gasteiger partial charge is 0.379 e. The number of guanidine groups is 1. The van der Waals surface area contributed by atoms with E-state index in [-0.39, 0.29) is 24.0 Å². The summed E-state index contributed by atoms with van der Waals surface area (Å²) in [5.41, 5.74) is 3.79. The number of nitrogens with zero attached hydrogens (tertiary/aromatic N) is 3. The van der Waals surface area contributed by atoms with Gasteiger partial charge in [0.2, 0.25) is 0 Å². The van der Waals surface area contributed by atoms with Crippen molar-refractivity contribution in [2.45, 2.75) is 25.6 Å². The van der Waals surface area contributed by atoms with Gasteiger partial charge in [-0.3, -0.25) is 9.89 Å². The van der Waals surface area contributed by atoms with Gasteiger partial charge in [0.1, 0.15) is 0 Å². The maximum Gasteiger partial charge on any atom is 0.191 e. The van der Waals surface area contributed by atoms with Gasteiger partial charge in [0.25, 0.3) is 0 Å². The monoisotopic (exact) mass is 569 g/mol. The Kier molecular flexibility index (Phi) is 9.90. The maximum atomic E-state index is 6.15. The van der Waals surface area contributed by atoms with Crippen molar-refractivity contribution in [3.05, 3.63) is 64.7 Å².